The first-order valence-electron chi connectivity index (χ1n) is 7.12. The Morgan fingerprint density at radius 2 is 2.14 bits per heavy atom. The zero-order valence-corrected chi connectivity index (χ0v) is 13.7. The van der Waals surface area contributed by atoms with E-state index in [4.69, 9.17) is 22.1 Å². The lowest BCUT2D eigenvalue weighted by Gasteiger charge is -2.14. The second-order valence-electron chi connectivity index (χ2n) is 5.65. The molecule has 0 unspecified atom stereocenters. The third kappa shape index (κ3) is 4.01. The molecule has 0 radical (unpaired) electrons. The normalized spacial score (nSPS) is 11.0. The lowest BCUT2D eigenvalue weighted by atomic mass is 10.2. The molecule has 1 aromatic heterocycles. The fourth-order valence-corrected chi connectivity index (χ4v) is 2.22. The van der Waals surface area contributed by atoms with Crippen molar-refractivity contribution in [3.8, 4) is 5.75 Å². The van der Waals surface area contributed by atoms with Crippen molar-refractivity contribution in [2.75, 3.05) is 6.61 Å². The van der Waals surface area contributed by atoms with Crippen LogP contribution >= 0.6 is 11.6 Å². The first-order valence-corrected chi connectivity index (χ1v) is 7.50. The summed E-state index contributed by atoms with van der Waals surface area (Å²) in [6.07, 6.45) is 0. The van der Waals surface area contributed by atoms with Gasteiger partial charge in [-0.3, -0.25) is 9.48 Å². The summed E-state index contributed by atoms with van der Waals surface area (Å²) in [7, 11) is 0. The number of amides is 1. The summed E-state index contributed by atoms with van der Waals surface area (Å²) in [6.45, 7) is 7.14. The molecule has 5 nitrogen and oxygen atoms in total. The molecule has 1 heterocycles. The summed E-state index contributed by atoms with van der Waals surface area (Å²) in [4.78, 5) is 11.2. The molecule has 0 bridgehead atoms. The third-order valence-electron chi connectivity index (χ3n) is 3.15. The number of nitrogens with zero attached hydrogens (tertiary/aromatic N) is 2. The number of nitrogens with two attached hydrogens (primary N) is 1. The maximum Gasteiger partial charge on any atom is 0.269 e. The van der Waals surface area contributed by atoms with Crippen LogP contribution in [0.5, 0.6) is 5.75 Å². The molecule has 22 heavy (non-hydrogen) atoms. The largest absolute Gasteiger partial charge is 0.493 e. The van der Waals surface area contributed by atoms with E-state index in [0.29, 0.717) is 24.1 Å². The molecular weight excluding hydrogens is 302 g/mol. The van der Waals surface area contributed by atoms with Crippen LogP contribution in [-0.2, 0) is 6.54 Å². The van der Waals surface area contributed by atoms with Crippen molar-refractivity contribution in [3.05, 3.63) is 46.2 Å². The van der Waals surface area contributed by atoms with Gasteiger partial charge in [-0.1, -0.05) is 25.4 Å². The summed E-state index contributed by atoms with van der Waals surface area (Å²) in [6, 6.07) is 7.17. The van der Waals surface area contributed by atoms with Crippen molar-refractivity contribution in [3.63, 3.8) is 0 Å². The van der Waals surface area contributed by atoms with E-state index in [1.54, 1.807) is 16.8 Å². The van der Waals surface area contributed by atoms with E-state index in [2.05, 4.69) is 18.9 Å². The highest BCUT2D eigenvalue weighted by Gasteiger charge is 2.12. The fraction of sp³-hybridized carbons (Fsp3) is 0.375. The number of carbonyl (C=O) groups is 1. The predicted octanol–water partition coefficient (Wildman–Crippen LogP) is 3.03. The maximum atomic E-state index is 11.2. The van der Waals surface area contributed by atoms with Gasteiger partial charge < -0.3 is 10.5 Å². The predicted molar refractivity (Wildman–Crippen MR) is 86.4 cm³/mol. The van der Waals surface area contributed by atoms with E-state index in [1.165, 1.54) is 0 Å². The molecule has 0 aliphatic carbocycles. The number of benzene rings is 1. The minimum atomic E-state index is -0.538. The minimum Gasteiger partial charge on any atom is -0.493 e. The van der Waals surface area contributed by atoms with Crippen LogP contribution in [0.2, 0.25) is 5.02 Å². The molecule has 0 saturated carbocycles. The Bertz CT molecular complexity index is 680. The van der Waals surface area contributed by atoms with Crippen molar-refractivity contribution >= 4 is 17.5 Å². The van der Waals surface area contributed by atoms with Gasteiger partial charge in [-0.2, -0.15) is 5.10 Å². The van der Waals surface area contributed by atoms with Gasteiger partial charge in [-0.15, -0.1) is 0 Å². The number of halogens is 1. The van der Waals surface area contributed by atoms with E-state index >= 15 is 0 Å². The summed E-state index contributed by atoms with van der Waals surface area (Å²) >= 11 is 6.08. The number of primary amides is 1. The van der Waals surface area contributed by atoms with Crippen molar-refractivity contribution < 1.29 is 9.53 Å². The lowest BCUT2D eigenvalue weighted by molar-refractivity contribution is 0.0995. The second kappa shape index (κ2) is 6.83. The van der Waals surface area contributed by atoms with Crippen LogP contribution < -0.4 is 10.5 Å². The standard InChI is InChI=1S/C16H20ClN3O2/c1-10(2)9-22-15-5-4-13(17)7-12(15)8-20-11(3)6-14(19-20)16(18)21/h4-7,10H,8-9H2,1-3H3,(H2,18,21). The molecule has 118 valence electrons. The van der Waals surface area contributed by atoms with Gasteiger partial charge in [-0.25, -0.2) is 0 Å². The van der Waals surface area contributed by atoms with E-state index < -0.39 is 5.91 Å². The topological polar surface area (TPSA) is 70.1 Å². The fourth-order valence-electron chi connectivity index (χ4n) is 2.02. The van der Waals surface area contributed by atoms with E-state index in [-0.39, 0.29) is 5.69 Å². The van der Waals surface area contributed by atoms with E-state index in [1.807, 2.05) is 19.1 Å². The second-order valence-corrected chi connectivity index (χ2v) is 6.09. The maximum absolute atomic E-state index is 11.2. The average molecular weight is 322 g/mol. The average Bonchev–Trinajstić information content (AvgIpc) is 2.79. The SMILES string of the molecule is Cc1cc(C(N)=O)nn1Cc1cc(Cl)ccc1OCC(C)C. The number of aryl methyl sites for hydroxylation is 1. The van der Waals surface area contributed by atoms with Gasteiger partial charge in [0.25, 0.3) is 5.91 Å². The Morgan fingerprint density at radius 1 is 1.41 bits per heavy atom. The van der Waals surface area contributed by atoms with Crippen LogP contribution in [0.15, 0.2) is 24.3 Å². The Morgan fingerprint density at radius 3 is 2.73 bits per heavy atom. The van der Waals surface area contributed by atoms with E-state index in [0.717, 1.165) is 17.0 Å². The molecular formula is C16H20ClN3O2. The number of hydrogen-bond acceptors (Lipinski definition) is 3. The zero-order chi connectivity index (χ0) is 16.3. The first-order chi connectivity index (χ1) is 10.4. The Balaban J connectivity index is 2.28. The number of rotatable bonds is 6. The molecule has 0 aliphatic heterocycles. The summed E-state index contributed by atoms with van der Waals surface area (Å²) in [5.41, 5.74) is 7.28. The van der Waals surface area contributed by atoms with Crippen LogP contribution in [0.25, 0.3) is 0 Å². The van der Waals surface area contributed by atoms with Crippen molar-refractivity contribution in [1.82, 2.24) is 9.78 Å². The number of hydrogen-bond donors (Lipinski definition) is 1. The summed E-state index contributed by atoms with van der Waals surface area (Å²) < 4.78 is 7.54. The van der Waals surface area contributed by atoms with Gasteiger partial charge in [-0.05, 0) is 37.1 Å². The van der Waals surface area contributed by atoms with Gasteiger partial charge >= 0.3 is 0 Å². The molecule has 1 amide bonds. The number of carbonyl (C=O) groups excluding carboxylic acids is 1. The van der Waals surface area contributed by atoms with Crippen LogP contribution in [0, 0.1) is 12.8 Å². The quantitative estimate of drug-likeness (QED) is 0.889. The monoisotopic (exact) mass is 321 g/mol. The van der Waals surface area contributed by atoms with Gasteiger partial charge in [0.1, 0.15) is 11.4 Å². The molecule has 2 rings (SSSR count). The van der Waals surface area contributed by atoms with Crippen molar-refractivity contribution in [1.29, 1.82) is 0 Å². The highest BCUT2D eigenvalue weighted by Crippen LogP contribution is 2.25. The molecule has 0 atom stereocenters. The van der Waals surface area contributed by atoms with Gasteiger partial charge in [0.05, 0.1) is 13.2 Å². The molecule has 2 aromatic rings. The van der Waals surface area contributed by atoms with E-state index in [9.17, 15) is 4.79 Å². The Hall–Kier alpha value is -2.01. The van der Waals surface area contributed by atoms with Gasteiger partial charge in [0.2, 0.25) is 0 Å². The molecule has 2 N–H and O–H groups in total. The van der Waals surface area contributed by atoms with Gasteiger partial charge in [0.15, 0.2) is 0 Å². The van der Waals surface area contributed by atoms with Crippen LogP contribution in [0.3, 0.4) is 0 Å². The summed E-state index contributed by atoms with van der Waals surface area (Å²) in [5.74, 6) is 0.661. The van der Waals surface area contributed by atoms with Crippen LogP contribution in [0.1, 0.15) is 35.6 Å². The van der Waals surface area contributed by atoms with Gasteiger partial charge in [0, 0.05) is 16.3 Å². The number of ether oxygens (including phenoxy) is 1. The first kappa shape index (κ1) is 16.4. The molecule has 0 aliphatic rings. The van der Waals surface area contributed by atoms with Crippen LogP contribution in [0.4, 0.5) is 0 Å². The third-order valence-corrected chi connectivity index (χ3v) is 3.38. The molecule has 0 saturated heterocycles. The highest BCUT2D eigenvalue weighted by molar-refractivity contribution is 6.30. The highest BCUT2D eigenvalue weighted by atomic mass is 35.5. The Kier molecular flexibility index (Phi) is 5.08. The zero-order valence-electron chi connectivity index (χ0n) is 13.0. The Labute approximate surface area is 135 Å². The van der Waals surface area contributed by atoms with Crippen molar-refractivity contribution in [2.24, 2.45) is 11.7 Å². The molecule has 0 fully saturated rings. The molecule has 6 heteroatoms. The number of aromatic nitrogens is 2. The molecule has 1 aromatic carbocycles. The molecule has 0 spiro atoms. The minimum absolute atomic E-state index is 0.254. The lowest BCUT2D eigenvalue weighted by Crippen LogP contribution is -2.13. The van der Waals surface area contributed by atoms with Crippen molar-refractivity contribution in [2.45, 2.75) is 27.3 Å². The van der Waals surface area contributed by atoms with Crippen LogP contribution in [-0.4, -0.2) is 22.3 Å². The smallest absolute Gasteiger partial charge is 0.269 e. The summed E-state index contributed by atoms with van der Waals surface area (Å²) in [5, 5.41) is 4.85.